The Balaban J connectivity index is 1.37. The smallest absolute Gasteiger partial charge is 0.267 e. The molecular weight excluding hydrogens is 430 g/mol. The second-order valence-corrected chi connectivity index (χ2v) is 8.60. The Bertz CT molecular complexity index is 1070. The number of para-hydroxylation sites is 1. The van der Waals surface area contributed by atoms with Gasteiger partial charge < -0.3 is 14.5 Å². The number of hydrogen-bond donors (Lipinski definition) is 3. The van der Waals surface area contributed by atoms with Crippen LogP contribution < -0.4 is 5.48 Å². The lowest BCUT2D eigenvalue weighted by atomic mass is 10.1. The van der Waals surface area contributed by atoms with Crippen LogP contribution in [-0.4, -0.2) is 53.6 Å². The molecular formula is C27H33N3O4. The summed E-state index contributed by atoms with van der Waals surface area (Å²) in [5, 5.41) is 9.89. The molecule has 7 nitrogen and oxygen atoms in total. The van der Waals surface area contributed by atoms with Crippen molar-refractivity contribution in [3.63, 3.8) is 0 Å². The number of benzene rings is 2. The van der Waals surface area contributed by atoms with E-state index in [0.29, 0.717) is 6.61 Å². The monoisotopic (exact) mass is 463 g/mol. The average Bonchev–Trinajstić information content (AvgIpc) is 3.30. The Labute approximate surface area is 200 Å². The standard InChI is InChI=1S/C27H33N3O4/c31-26(29-32)13-12-21-8-10-22(11-9-21)20-30(16-18-34-27-7-3-4-17-33-27)15-14-23-19-28-25-6-2-1-5-24(23)25/h1-2,5-6,8-13,19,27-28,32H,3-4,7,14-18,20H2,(H,29,31)/b13-12+. The van der Waals surface area contributed by atoms with E-state index in [4.69, 9.17) is 14.7 Å². The number of hydroxylamine groups is 1. The van der Waals surface area contributed by atoms with E-state index in [-0.39, 0.29) is 6.29 Å². The summed E-state index contributed by atoms with van der Waals surface area (Å²) in [7, 11) is 0. The summed E-state index contributed by atoms with van der Waals surface area (Å²) in [5.74, 6) is -0.547. The highest BCUT2D eigenvalue weighted by Crippen LogP contribution is 2.19. The van der Waals surface area contributed by atoms with E-state index in [1.54, 1.807) is 11.6 Å². The summed E-state index contributed by atoms with van der Waals surface area (Å²) in [5.41, 5.74) is 6.17. The highest BCUT2D eigenvalue weighted by Gasteiger charge is 2.15. The maximum absolute atomic E-state index is 11.2. The lowest BCUT2D eigenvalue weighted by Gasteiger charge is -2.26. The SMILES string of the molecule is O=C(/C=C/c1ccc(CN(CCOC2CCCCO2)CCc2c[nH]c3ccccc23)cc1)NO. The molecule has 180 valence electrons. The summed E-state index contributed by atoms with van der Waals surface area (Å²) in [4.78, 5) is 17.0. The molecule has 4 rings (SSSR count). The maximum Gasteiger partial charge on any atom is 0.267 e. The number of amides is 1. The predicted molar refractivity (Wildman–Crippen MR) is 132 cm³/mol. The van der Waals surface area contributed by atoms with Gasteiger partial charge in [-0.15, -0.1) is 0 Å². The minimum absolute atomic E-state index is 0.0774. The van der Waals surface area contributed by atoms with Gasteiger partial charge in [-0.05, 0) is 54.5 Å². The topological polar surface area (TPSA) is 86.8 Å². The van der Waals surface area contributed by atoms with Gasteiger partial charge in [0.15, 0.2) is 6.29 Å². The van der Waals surface area contributed by atoms with E-state index in [1.807, 2.05) is 12.1 Å². The van der Waals surface area contributed by atoms with Gasteiger partial charge in [-0.3, -0.25) is 14.9 Å². The quantitative estimate of drug-likeness (QED) is 0.225. The second-order valence-electron chi connectivity index (χ2n) is 8.60. The summed E-state index contributed by atoms with van der Waals surface area (Å²) < 4.78 is 11.7. The fourth-order valence-corrected chi connectivity index (χ4v) is 4.24. The van der Waals surface area contributed by atoms with Crippen molar-refractivity contribution in [2.75, 3.05) is 26.3 Å². The molecule has 1 aromatic heterocycles. The zero-order chi connectivity index (χ0) is 23.6. The molecule has 0 radical (unpaired) electrons. The van der Waals surface area contributed by atoms with Crippen LogP contribution in [0, 0.1) is 0 Å². The van der Waals surface area contributed by atoms with Crippen molar-refractivity contribution in [2.24, 2.45) is 0 Å². The lowest BCUT2D eigenvalue weighted by Crippen LogP contribution is -2.32. The van der Waals surface area contributed by atoms with Crippen molar-refractivity contribution < 1.29 is 19.5 Å². The molecule has 0 spiro atoms. The average molecular weight is 464 g/mol. The zero-order valence-corrected chi connectivity index (χ0v) is 19.4. The van der Waals surface area contributed by atoms with E-state index < -0.39 is 5.91 Å². The van der Waals surface area contributed by atoms with Crippen LogP contribution in [0.4, 0.5) is 0 Å². The van der Waals surface area contributed by atoms with E-state index in [2.05, 4.69) is 52.5 Å². The molecule has 0 saturated carbocycles. The molecule has 1 aliphatic heterocycles. The van der Waals surface area contributed by atoms with Gasteiger partial charge in [0.05, 0.1) is 6.61 Å². The molecule has 3 aromatic rings. The van der Waals surface area contributed by atoms with Crippen LogP contribution in [0.3, 0.4) is 0 Å². The Morgan fingerprint density at radius 2 is 2.03 bits per heavy atom. The Hall–Kier alpha value is -2.97. The van der Waals surface area contributed by atoms with Gasteiger partial charge in [0.1, 0.15) is 0 Å². The third-order valence-corrected chi connectivity index (χ3v) is 6.14. The first-order valence-electron chi connectivity index (χ1n) is 11.9. The molecule has 1 atom stereocenters. The van der Waals surface area contributed by atoms with E-state index in [0.717, 1.165) is 57.5 Å². The largest absolute Gasteiger partial charge is 0.361 e. The second kappa shape index (κ2) is 12.5. The van der Waals surface area contributed by atoms with Gasteiger partial charge in [0, 0.05) is 49.4 Å². The van der Waals surface area contributed by atoms with E-state index in [9.17, 15) is 4.79 Å². The minimum Gasteiger partial charge on any atom is -0.361 e. The van der Waals surface area contributed by atoms with Crippen LogP contribution in [0.15, 0.2) is 60.8 Å². The van der Waals surface area contributed by atoms with Crippen molar-refractivity contribution in [1.82, 2.24) is 15.4 Å². The molecule has 1 amide bonds. The van der Waals surface area contributed by atoms with Gasteiger partial charge >= 0.3 is 0 Å². The molecule has 2 aromatic carbocycles. The number of nitrogens with one attached hydrogen (secondary N) is 2. The number of aromatic amines is 1. The first-order chi connectivity index (χ1) is 16.7. The van der Waals surface area contributed by atoms with Crippen LogP contribution in [0.2, 0.25) is 0 Å². The fraction of sp³-hybridized carbons (Fsp3) is 0.370. The molecule has 2 heterocycles. The number of fused-ring (bicyclic) bond motifs is 1. The van der Waals surface area contributed by atoms with Crippen molar-refractivity contribution >= 4 is 22.9 Å². The molecule has 7 heteroatoms. The first kappa shape index (κ1) is 24.2. The molecule has 1 fully saturated rings. The molecule has 1 saturated heterocycles. The zero-order valence-electron chi connectivity index (χ0n) is 19.4. The van der Waals surface area contributed by atoms with Gasteiger partial charge in [-0.1, -0.05) is 42.5 Å². The van der Waals surface area contributed by atoms with Crippen LogP contribution in [0.25, 0.3) is 17.0 Å². The summed E-state index contributed by atoms with van der Waals surface area (Å²) in [6.07, 6.45) is 9.20. The van der Waals surface area contributed by atoms with Crippen LogP contribution in [-0.2, 0) is 27.2 Å². The van der Waals surface area contributed by atoms with Crippen molar-refractivity contribution in [2.45, 2.75) is 38.5 Å². The third-order valence-electron chi connectivity index (χ3n) is 6.14. The number of hydrogen-bond acceptors (Lipinski definition) is 5. The molecule has 0 aliphatic carbocycles. The molecule has 34 heavy (non-hydrogen) atoms. The summed E-state index contributed by atoms with van der Waals surface area (Å²) >= 11 is 0. The van der Waals surface area contributed by atoms with E-state index in [1.165, 1.54) is 28.1 Å². The van der Waals surface area contributed by atoms with Crippen LogP contribution in [0.5, 0.6) is 0 Å². The highest BCUT2D eigenvalue weighted by molar-refractivity contribution is 5.90. The van der Waals surface area contributed by atoms with Gasteiger partial charge in [-0.25, -0.2) is 5.48 Å². The Morgan fingerprint density at radius 1 is 1.18 bits per heavy atom. The summed E-state index contributed by atoms with van der Waals surface area (Å²) in [6.45, 7) is 3.96. The summed E-state index contributed by atoms with van der Waals surface area (Å²) in [6, 6.07) is 16.5. The van der Waals surface area contributed by atoms with Crippen molar-refractivity contribution in [3.8, 4) is 0 Å². The maximum atomic E-state index is 11.2. The Kier molecular flexibility index (Phi) is 8.87. The van der Waals surface area contributed by atoms with Crippen LogP contribution >= 0.6 is 0 Å². The molecule has 1 unspecified atom stereocenters. The number of ether oxygens (including phenoxy) is 2. The normalized spacial score (nSPS) is 16.5. The highest BCUT2D eigenvalue weighted by atomic mass is 16.7. The van der Waals surface area contributed by atoms with Gasteiger partial charge in [0.2, 0.25) is 0 Å². The van der Waals surface area contributed by atoms with E-state index >= 15 is 0 Å². The van der Waals surface area contributed by atoms with Gasteiger partial charge in [0.25, 0.3) is 5.91 Å². The van der Waals surface area contributed by atoms with Gasteiger partial charge in [-0.2, -0.15) is 0 Å². The minimum atomic E-state index is -0.547. The number of H-pyrrole nitrogens is 1. The fourth-order valence-electron chi connectivity index (χ4n) is 4.24. The number of nitrogens with zero attached hydrogens (tertiary/aromatic N) is 1. The lowest BCUT2D eigenvalue weighted by molar-refractivity contribution is -0.164. The third kappa shape index (κ3) is 7.01. The number of rotatable bonds is 11. The number of carbonyl (C=O) groups is 1. The molecule has 1 aliphatic rings. The van der Waals surface area contributed by atoms with Crippen LogP contribution in [0.1, 0.15) is 36.0 Å². The van der Waals surface area contributed by atoms with Crippen molar-refractivity contribution in [1.29, 1.82) is 0 Å². The predicted octanol–water partition coefficient (Wildman–Crippen LogP) is 4.27. The first-order valence-corrected chi connectivity index (χ1v) is 11.9. The van der Waals surface area contributed by atoms with Crippen molar-refractivity contribution in [3.05, 3.63) is 77.5 Å². The number of aromatic nitrogens is 1. The number of carbonyl (C=O) groups excluding carboxylic acids is 1. The Morgan fingerprint density at radius 3 is 2.82 bits per heavy atom. The molecule has 0 bridgehead atoms. The molecule has 3 N–H and O–H groups in total.